The van der Waals surface area contributed by atoms with Crippen molar-refractivity contribution in [3.63, 3.8) is 0 Å². The van der Waals surface area contributed by atoms with Crippen molar-refractivity contribution in [2.75, 3.05) is 24.0 Å². The number of carbonyl (C=O) groups excluding carboxylic acids is 2. The molecule has 0 spiro atoms. The van der Waals surface area contributed by atoms with Gasteiger partial charge in [-0.25, -0.2) is 8.42 Å². The van der Waals surface area contributed by atoms with Crippen molar-refractivity contribution in [3.05, 3.63) is 90.0 Å². The van der Waals surface area contributed by atoms with E-state index in [1.165, 1.54) is 12.1 Å². The van der Waals surface area contributed by atoms with Crippen molar-refractivity contribution < 1.29 is 22.7 Å². The van der Waals surface area contributed by atoms with E-state index in [1.807, 2.05) is 36.1 Å². The first-order valence-electron chi connectivity index (χ1n) is 12.3. The molecular weight excluding hydrogens is 490 g/mol. The Hall–Kier alpha value is -3.85. The first-order valence-corrected chi connectivity index (χ1v) is 13.7. The summed E-state index contributed by atoms with van der Waals surface area (Å²) in [7, 11) is -3.98. The van der Waals surface area contributed by atoms with Gasteiger partial charge in [-0.1, -0.05) is 42.5 Å². The molecule has 1 fully saturated rings. The SMILES string of the molecule is CCOc1ccc(N(CC(=O)NCc2ccc(CN3CCCC3=O)cc2)S(=O)(=O)c2ccccc2)cc1. The summed E-state index contributed by atoms with van der Waals surface area (Å²) in [6.07, 6.45) is 1.51. The van der Waals surface area contributed by atoms with E-state index in [1.54, 1.807) is 42.5 Å². The van der Waals surface area contributed by atoms with Crippen LogP contribution in [0.2, 0.25) is 0 Å². The number of carbonyl (C=O) groups is 2. The van der Waals surface area contributed by atoms with E-state index < -0.39 is 15.9 Å². The highest BCUT2D eigenvalue weighted by molar-refractivity contribution is 7.92. The number of amides is 2. The summed E-state index contributed by atoms with van der Waals surface area (Å²) < 4.78 is 33.4. The smallest absolute Gasteiger partial charge is 0.264 e. The number of hydrogen-bond donors (Lipinski definition) is 1. The van der Waals surface area contributed by atoms with Gasteiger partial charge in [-0.15, -0.1) is 0 Å². The van der Waals surface area contributed by atoms with Gasteiger partial charge in [0.05, 0.1) is 17.2 Å². The Labute approximate surface area is 217 Å². The second-order valence-corrected chi connectivity index (χ2v) is 10.6. The lowest BCUT2D eigenvalue weighted by atomic mass is 10.1. The monoisotopic (exact) mass is 521 g/mol. The van der Waals surface area contributed by atoms with E-state index in [2.05, 4.69) is 5.32 Å². The van der Waals surface area contributed by atoms with Crippen LogP contribution in [0, 0.1) is 0 Å². The number of hydrogen-bond acceptors (Lipinski definition) is 5. The first kappa shape index (κ1) is 26.2. The molecule has 0 radical (unpaired) electrons. The van der Waals surface area contributed by atoms with Gasteiger partial charge in [0.1, 0.15) is 12.3 Å². The van der Waals surface area contributed by atoms with Gasteiger partial charge in [0.15, 0.2) is 0 Å². The van der Waals surface area contributed by atoms with E-state index in [0.29, 0.717) is 31.0 Å². The van der Waals surface area contributed by atoms with Crippen molar-refractivity contribution in [1.82, 2.24) is 10.2 Å². The fourth-order valence-corrected chi connectivity index (χ4v) is 5.59. The average Bonchev–Trinajstić information content (AvgIpc) is 3.32. The molecule has 1 aliphatic heterocycles. The maximum absolute atomic E-state index is 13.4. The Morgan fingerprint density at radius 2 is 1.65 bits per heavy atom. The number of nitrogens with one attached hydrogen (secondary N) is 1. The Kier molecular flexibility index (Phi) is 8.45. The van der Waals surface area contributed by atoms with Crippen LogP contribution in [-0.4, -0.2) is 44.8 Å². The predicted octanol–water partition coefficient (Wildman–Crippen LogP) is 3.72. The highest BCUT2D eigenvalue weighted by Crippen LogP contribution is 2.26. The maximum Gasteiger partial charge on any atom is 0.264 e. The molecule has 8 nitrogen and oxygen atoms in total. The summed E-state index contributed by atoms with van der Waals surface area (Å²) in [5, 5.41) is 2.82. The largest absolute Gasteiger partial charge is 0.494 e. The minimum Gasteiger partial charge on any atom is -0.494 e. The molecular formula is C28H31N3O5S. The number of benzene rings is 3. The molecule has 37 heavy (non-hydrogen) atoms. The molecule has 1 heterocycles. The molecule has 0 aliphatic carbocycles. The molecule has 4 rings (SSSR count). The first-order chi connectivity index (χ1) is 17.9. The van der Waals surface area contributed by atoms with Gasteiger partial charge in [-0.3, -0.25) is 13.9 Å². The van der Waals surface area contributed by atoms with E-state index >= 15 is 0 Å². The second-order valence-electron chi connectivity index (χ2n) is 8.76. The second kappa shape index (κ2) is 11.9. The summed E-state index contributed by atoms with van der Waals surface area (Å²) in [6, 6.07) is 22.4. The molecule has 2 amide bonds. The molecule has 1 saturated heterocycles. The molecule has 0 aromatic heterocycles. The Morgan fingerprint density at radius 3 is 2.27 bits per heavy atom. The lowest BCUT2D eigenvalue weighted by Crippen LogP contribution is -2.40. The number of rotatable bonds is 11. The van der Waals surface area contributed by atoms with Crippen LogP contribution < -0.4 is 14.4 Å². The van der Waals surface area contributed by atoms with Gasteiger partial charge in [0.25, 0.3) is 10.0 Å². The van der Waals surface area contributed by atoms with E-state index in [9.17, 15) is 18.0 Å². The van der Waals surface area contributed by atoms with Crippen LogP contribution in [0.3, 0.4) is 0 Å². The number of anilines is 1. The Morgan fingerprint density at radius 1 is 0.973 bits per heavy atom. The molecule has 3 aromatic rings. The third-order valence-corrected chi connectivity index (χ3v) is 7.90. The zero-order chi connectivity index (χ0) is 26.3. The summed E-state index contributed by atoms with van der Waals surface area (Å²) in [5.41, 5.74) is 2.27. The van der Waals surface area contributed by atoms with Gasteiger partial charge >= 0.3 is 0 Å². The van der Waals surface area contributed by atoms with E-state index in [0.717, 1.165) is 28.4 Å². The maximum atomic E-state index is 13.4. The van der Waals surface area contributed by atoms with Crippen LogP contribution >= 0.6 is 0 Å². The fourth-order valence-electron chi connectivity index (χ4n) is 4.15. The summed E-state index contributed by atoms with van der Waals surface area (Å²) in [5.74, 6) is 0.365. The third kappa shape index (κ3) is 6.68. The average molecular weight is 522 g/mol. The molecule has 3 aromatic carbocycles. The third-order valence-electron chi connectivity index (χ3n) is 6.11. The normalized spacial score (nSPS) is 13.4. The predicted molar refractivity (Wildman–Crippen MR) is 142 cm³/mol. The minimum absolute atomic E-state index is 0.101. The Bertz CT molecular complexity index is 1310. The van der Waals surface area contributed by atoms with Crippen LogP contribution in [0.15, 0.2) is 83.8 Å². The zero-order valence-corrected chi connectivity index (χ0v) is 21.6. The van der Waals surface area contributed by atoms with Crippen LogP contribution in [0.4, 0.5) is 5.69 Å². The number of ether oxygens (including phenoxy) is 1. The van der Waals surface area contributed by atoms with Gasteiger partial charge in [0, 0.05) is 26.1 Å². The molecule has 0 unspecified atom stereocenters. The highest BCUT2D eigenvalue weighted by Gasteiger charge is 2.27. The number of likely N-dealkylation sites (tertiary alicyclic amines) is 1. The summed E-state index contributed by atoms with van der Waals surface area (Å²) >= 11 is 0. The van der Waals surface area contributed by atoms with Crippen molar-refractivity contribution >= 4 is 27.5 Å². The molecule has 0 saturated carbocycles. The number of sulfonamides is 1. The van der Waals surface area contributed by atoms with Gasteiger partial charge in [-0.2, -0.15) is 0 Å². The quantitative estimate of drug-likeness (QED) is 0.415. The molecule has 0 bridgehead atoms. The van der Waals surface area contributed by atoms with E-state index in [-0.39, 0.29) is 23.9 Å². The van der Waals surface area contributed by atoms with Crippen molar-refractivity contribution in [1.29, 1.82) is 0 Å². The Balaban J connectivity index is 1.44. The summed E-state index contributed by atoms with van der Waals surface area (Å²) in [6.45, 7) is 3.61. The molecule has 0 atom stereocenters. The standard InChI is InChI=1S/C28H31N3O5S/c1-2-36-25-16-14-24(15-17-25)31(37(34,35)26-7-4-3-5-8-26)21-27(32)29-19-22-10-12-23(13-11-22)20-30-18-6-9-28(30)33/h3-5,7-8,10-17H,2,6,9,18-21H2,1H3,(H,29,32). The van der Waals surface area contributed by atoms with Crippen molar-refractivity contribution in [2.45, 2.75) is 37.8 Å². The molecule has 194 valence electrons. The lowest BCUT2D eigenvalue weighted by molar-refractivity contribution is -0.128. The van der Waals surface area contributed by atoms with Crippen LogP contribution in [0.1, 0.15) is 30.9 Å². The molecule has 1 N–H and O–H groups in total. The molecule has 9 heteroatoms. The van der Waals surface area contributed by atoms with Crippen molar-refractivity contribution in [3.8, 4) is 5.75 Å². The van der Waals surface area contributed by atoms with Gasteiger partial charge in [0.2, 0.25) is 11.8 Å². The zero-order valence-electron chi connectivity index (χ0n) is 20.8. The topological polar surface area (TPSA) is 96.0 Å². The van der Waals surface area contributed by atoms with E-state index in [4.69, 9.17) is 4.74 Å². The lowest BCUT2D eigenvalue weighted by Gasteiger charge is -2.24. The van der Waals surface area contributed by atoms with Gasteiger partial charge in [-0.05, 0) is 60.9 Å². The van der Waals surface area contributed by atoms with Gasteiger partial charge < -0.3 is 15.0 Å². The summed E-state index contributed by atoms with van der Waals surface area (Å²) in [4.78, 5) is 26.7. The van der Waals surface area contributed by atoms with Crippen molar-refractivity contribution in [2.24, 2.45) is 0 Å². The van der Waals surface area contributed by atoms with Crippen LogP contribution in [-0.2, 0) is 32.7 Å². The number of nitrogens with zero attached hydrogens (tertiary/aromatic N) is 2. The molecule has 1 aliphatic rings. The minimum atomic E-state index is -3.98. The fraction of sp³-hybridized carbons (Fsp3) is 0.286. The highest BCUT2D eigenvalue weighted by atomic mass is 32.2. The van der Waals surface area contributed by atoms with Crippen LogP contribution in [0.25, 0.3) is 0 Å². The van der Waals surface area contributed by atoms with Crippen LogP contribution in [0.5, 0.6) is 5.75 Å².